The number of hydrogen-bond acceptors (Lipinski definition) is 4. The Balaban J connectivity index is 2.13. The van der Waals surface area contributed by atoms with Crippen LogP contribution in [0.3, 0.4) is 0 Å². The lowest BCUT2D eigenvalue weighted by Crippen LogP contribution is -2.32. The second-order valence-electron chi connectivity index (χ2n) is 4.40. The molecule has 5 nitrogen and oxygen atoms in total. The SMILES string of the molecule is C=C1C=C2N=C3C(C(=O)O)=CC=CN3C=C2C(=O)C1. The summed E-state index contributed by atoms with van der Waals surface area (Å²) in [5.74, 6) is -0.788. The molecule has 3 rings (SSSR count). The number of rotatable bonds is 1. The number of nitrogens with zero attached hydrogens (tertiary/aromatic N) is 2. The molecule has 3 aliphatic rings. The average molecular weight is 254 g/mol. The zero-order valence-corrected chi connectivity index (χ0v) is 9.96. The van der Waals surface area contributed by atoms with Crippen molar-refractivity contribution in [1.29, 1.82) is 0 Å². The van der Waals surface area contributed by atoms with Crippen molar-refractivity contribution in [3.63, 3.8) is 0 Å². The first-order chi connectivity index (χ1) is 9.06. The Labute approximate surface area is 109 Å². The van der Waals surface area contributed by atoms with Crippen LogP contribution < -0.4 is 0 Å². The van der Waals surface area contributed by atoms with E-state index in [1.807, 2.05) is 0 Å². The number of carbonyl (C=O) groups is 2. The van der Waals surface area contributed by atoms with Gasteiger partial charge in [-0.25, -0.2) is 9.79 Å². The van der Waals surface area contributed by atoms with Gasteiger partial charge in [0.1, 0.15) is 5.57 Å². The van der Waals surface area contributed by atoms with Crippen molar-refractivity contribution in [3.05, 3.63) is 59.6 Å². The van der Waals surface area contributed by atoms with Crippen LogP contribution in [0.4, 0.5) is 0 Å². The van der Waals surface area contributed by atoms with Gasteiger partial charge in [-0.15, -0.1) is 0 Å². The molecule has 0 bridgehead atoms. The Kier molecular flexibility index (Phi) is 2.35. The van der Waals surface area contributed by atoms with Crippen molar-refractivity contribution in [2.45, 2.75) is 6.42 Å². The highest BCUT2D eigenvalue weighted by Crippen LogP contribution is 2.30. The second-order valence-corrected chi connectivity index (χ2v) is 4.40. The third kappa shape index (κ3) is 1.76. The minimum atomic E-state index is -1.05. The Bertz CT molecular complexity index is 675. The smallest absolute Gasteiger partial charge is 0.339 e. The predicted octanol–water partition coefficient (Wildman–Crippen LogP) is 1.54. The van der Waals surface area contributed by atoms with Crippen LogP contribution in [0.15, 0.2) is 64.6 Å². The van der Waals surface area contributed by atoms with E-state index in [4.69, 9.17) is 5.11 Å². The molecule has 0 spiro atoms. The summed E-state index contributed by atoms with van der Waals surface area (Å²) in [6, 6.07) is 0. The lowest BCUT2D eigenvalue weighted by atomic mass is 9.93. The Morgan fingerprint density at radius 3 is 3.00 bits per heavy atom. The molecule has 0 aromatic heterocycles. The van der Waals surface area contributed by atoms with Gasteiger partial charge in [0.2, 0.25) is 0 Å². The van der Waals surface area contributed by atoms with Crippen molar-refractivity contribution in [2.75, 3.05) is 0 Å². The monoisotopic (exact) mass is 254 g/mol. The second kappa shape index (κ2) is 3.91. The number of fused-ring (bicyclic) bond motifs is 2. The van der Waals surface area contributed by atoms with E-state index in [1.54, 1.807) is 29.5 Å². The normalized spacial score (nSPS) is 20.9. The van der Waals surface area contributed by atoms with Crippen molar-refractivity contribution in [1.82, 2.24) is 4.90 Å². The maximum Gasteiger partial charge on any atom is 0.339 e. The minimum Gasteiger partial charge on any atom is -0.478 e. The average Bonchev–Trinajstić information content (AvgIpc) is 2.35. The summed E-state index contributed by atoms with van der Waals surface area (Å²) in [6.45, 7) is 3.76. The molecule has 0 fully saturated rings. The van der Waals surface area contributed by atoms with Gasteiger partial charge in [-0.1, -0.05) is 6.58 Å². The lowest BCUT2D eigenvalue weighted by Gasteiger charge is -2.28. The van der Waals surface area contributed by atoms with Crippen LogP contribution in [0.25, 0.3) is 0 Å². The fourth-order valence-electron chi connectivity index (χ4n) is 2.16. The van der Waals surface area contributed by atoms with Crippen molar-refractivity contribution in [2.24, 2.45) is 4.99 Å². The third-order valence-electron chi connectivity index (χ3n) is 3.02. The number of carboxylic acid groups (broad SMARTS) is 1. The van der Waals surface area contributed by atoms with Crippen LogP contribution in [-0.4, -0.2) is 27.6 Å². The van der Waals surface area contributed by atoms with E-state index in [2.05, 4.69) is 11.6 Å². The van der Waals surface area contributed by atoms with E-state index in [0.29, 0.717) is 22.7 Å². The van der Waals surface area contributed by atoms with Gasteiger partial charge in [0.15, 0.2) is 11.6 Å². The van der Waals surface area contributed by atoms with Crippen LogP contribution in [0.5, 0.6) is 0 Å². The van der Waals surface area contributed by atoms with Gasteiger partial charge >= 0.3 is 5.97 Å². The summed E-state index contributed by atoms with van der Waals surface area (Å²) in [5, 5.41) is 9.14. The third-order valence-corrected chi connectivity index (χ3v) is 3.02. The molecule has 0 aromatic rings. The summed E-state index contributed by atoms with van der Waals surface area (Å²) >= 11 is 0. The Morgan fingerprint density at radius 2 is 2.26 bits per heavy atom. The van der Waals surface area contributed by atoms with E-state index < -0.39 is 5.97 Å². The van der Waals surface area contributed by atoms with Gasteiger partial charge in [-0.05, 0) is 23.8 Å². The summed E-state index contributed by atoms with van der Waals surface area (Å²) in [4.78, 5) is 28.9. The molecule has 2 heterocycles. The number of carboxylic acids is 1. The summed E-state index contributed by atoms with van der Waals surface area (Å²) in [5.41, 5.74) is 1.76. The quantitative estimate of drug-likeness (QED) is 0.770. The first-order valence-electron chi connectivity index (χ1n) is 5.70. The number of amidine groups is 1. The standard InChI is InChI=1S/C14H10N2O3/c1-8-5-11-10(12(17)6-8)7-16-4-2-3-9(14(18)19)13(16)15-11/h2-5,7H,1,6H2,(H,18,19). The molecule has 0 saturated carbocycles. The van der Waals surface area contributed by atoms with Crippen LogP contribution in [0.1, 0.15) is 6.42 Å². The van der Waals surface area contributed by atoms with E-state index in [9.17, 15) is 9.59 Å². The number of hydrogen-bond donors (Lipinski definition) is 1. The van der Waals surface area contributed by atoms with E-state index in [-0.39, 0.29) is 17.8 Å². The van der Waals surface area contributed by atoms with Crippen molar-refractivity contribution in [3.8, 4) is 0 Å². The predicted molar refractivity (Wildman–Crippen MR) is 69.1 cm³/mol. The van der Waals surface area contributed by atoms with Crippen LogP contribution in [0, 0.1) is 0 Å². The Hall–Kier alpha value is -2.69. The molecule has 0 saturated heterocycles. The zero-order valence-electron chi connectivity index (χ0n) is 9.96. The maximum absolute atomic E-state index is 11.9. The number of aliphatic imine (C=N–C) groups is 1. The summed E-state index contributed by atoms with van der Waals surface area (Å²) < 4.78 is 0. The van der Waals surface area contributed by atoms with E-state index in [1.165, 1.54) is 6.08 Å². The molecule has 0 radical (unpaired) electrons. The number of carbonyl (C=O) groups excluding carboxylic acids is 1. The van der Waals surface area contributed by atoms with Gasteiger partial charge in [-0.3, -0.25) is 4.79 Å². The van der Waals surface area contributed by atoms with Crippen LogP contribution >= 0.6 is 0 Å². The molecular formula is C14H10N2O3. The van der Waals surface area contributed by atoms with E-state index in [0.717, 1.165) is 0 Å². The van der Waals surface area contributed by atoms with Crippen molar-refractivity contribution >= 4 is 17.6 Å². The molecule has 0 atom stereocenters. The van der Waals surface area contributed by atoms with Gasteiger partial charge in [-0.2, -0.15) is 0 Å². The molecule has 0 aromatic carbocycles. The highest BCUT2D eigenvalue weighted by molar-refractivity contribution is 6.21. The largest absolute Gasteiger partial charge is 0.478 e. The van der Waals surface area contributed by atoms with E-state index >= 15 is 0 Å². The molecule has 19 heavy (non-hydrogen) atoms. The molecule has 94 valence electrons. The Morgan fingerprint density at radius 1 is 1.47 bits per heavy atom. The van der Waals surface area contributed by atoms with Gasteiger partial charge in [0.25, 0.3) is 0 Å². The molecule has 5 heteroatoms. The molecule has 2 aliphatic heterocycles. The van der Waals surface area contributed by atoms with Crippen LogP contribution in [-0.2, 0) is 9.59 Å². The number of ketones is 1. The fourth-order valence-corrected chi connectivity index (χ4v) is 2.16. The van der Waals surface area contributed by atoms with Crippen molar-refractivity contribution < 1.29 is 14.7 Å². The highest BCUT2D eigenvalue weighted by Gasteiger charge is 2.30. The molecular weight excluding hydrogens is 244 g/mol. The fraction of sp³-hybridized carbons (Fsp3) is 0.0714. The minimum absolute atomic E-state index is 0.0508. The van der Waals surface area contributed by atoms with Crippen LogP contribution in [0.2, 0.25) is 0 Å². The summed E-state index contributed by atoms with van der Waals surface area (Å²) in [6.07, 6.45) is 8.38. The highest BCUT2D eigenvalue weighted by atomic mass is 16.4. The molecule has 1 N–H and O–H groups in total. The lowest BCUT2D eigenvalue weighted by molar-refractivity contribution is -0.132. The van der Waals surface area contributed by atoms with Gasteiger partial charge < -0.3 is 10.0 Å². The van der Waals surface area contributed by atoms with Gasteiger partial charge in [0.05, 0.1) is 11.3 Å². The first kappa shape index (κ1) is 11.4. The number of aliphatic carboxylic acids is 1. The zero-order chi connectivity index (χ0) is 13.6. The molecule has 0 unspecified atom stereocenters. The molecule has 1 aliphatic carbocycles. The first-order valence-corrected chi connectivity index (χ1v) is 5.70. The maximum atomic E-state index is 11.9. The van der Waals surface area contributed by atoms with Gasteiger partial charge in [0, 0.05) is 18.8 Å². The number of Topliss-reactive ketones (excluding diaryl/α,β-unsaturated/α-hetero) is 1. The topological polar surface area (TPSA) is 70.0 Å². The molecule has 0 amide bonds. The number of allylic oxidation sites excluding steroid dienone is 5. The summed E-state index contributed by atoms with van der Waals surface area (Å²) in [7, 11) is 0.